The van der Waals surface area contributed by atoms with E-state index in [1.54, 1.807) is 30.8 Å². The second kappa shape index (κ2) is 6.21. The van der Waals surface area contributed by atoms with E-state index in [1.807, 2.05) is 0 Å². The predicted molar refractivity (Wildman–Crippen MR) is 74.5 cm³/mol. The summed E-state index contributed by atoms with van der Waals surface area (Å²) in [6.07, 6.45) is 1.68. The Balaban J connectivity index is 2.02. The molecular weight excluding hydrogens is 275 g/mol. The van der Waals surface area contributed by atoms with Crippen LogP contribution in [0.2, 0.25) is 0 Å². The molecule has 0 bridgehead atoms. The molecule has 0 aliphatic carbocycles. The molecular formula is C15H16FN2O3+. The molecule has 0 atom stereocenters. The number of para-hydroxylation sites is 1. The SMILES string of the molecule is Cc1c(OCC(=O)Nc2ccccc2F)c(O)cc[n+]1C. The first kappa shape index (κ1) is 14.8. The maximum Gasteiger partial charge on any atom is 0.262 e. The van der Waals surface area contributed by atoms with Crippen LogP contribution in [0.3, 0.4) is 0 Å². The highest BCUT2D eigenvalue weighted by Gasteiger charge is 2.16. The van der Waals surface area contributed by atoms with Crippen molar-refractivity contribution in [1.29, 1.82) is 0 Å². The number of carbonyl (C=O) groups is 1. The summed E-state index contributed by atoms with van der Waals surface area (Å²) in [5.74, 6) is -0.852. The molecule has 0 saturated heterocycles. The van der Waals surface area contributed by atoms with Gasteiger partial charge in [0.1, 0.15) is 12.9 Å². The van der Waals surface area contributed by atoms with Crippen LogP contribution in [0.5, 0.6) is 11.5 Å². The fourth-order valence-electron chi connectivity index (χ4n) is 1.78. The molecule has 5 nitrogen and oxygen atoms in total. The number of ether oxygens (including phenoxy) is 1. The van der Waals surface area contributed by atoms with E-state index in [2.05, 4.69) is 5.32 Å². The van der Waals surface area contributed by atoms with E-state index in [1.165, 1.54) is 24.3 Å². The minimum absolute atomic E-state index is 0.0516. The van der Waals surface area contributed by atoms with E-state index >= 15 is 0 Å². The van der Waals surface area contributed by atoms with Gasteiger partial charge < -0.3 is 15.2 Å². The number of hydrogen-bond donors (Lipinski definition) is 2. The van der Waals surface area contributed by atoms with Crippen molar-refractivity contribution < 1.29 is 23.6 Å². The summed E-state index contributed by atoms with van der Waals surface area (Å²) in [4.78, 5) is 11.8. The summed E-state index contributed by atoms with van der Waals surface area (Å²) in [5.41, 5.74) is 0.763. The number of halogens is 1. The third-order valence-corrected chi connectivity index (χ3v) is 3.04. The van der Waals surface area contributed by atoms with E-state index in [-0.39, 0.29) is 23.8 Å². The Bertz CT molecular complexity index is 674. The number of pyridine rings is 1. The Hall–Kier alpha value is -2.63. The summed E-state index contributed by atoms with van der Waals surface area (Å²) < 4.78 is 20.5. The van der Waals surface area contributed by atoms with Gasteiger partial charge in [-0.2, -0.15) is 0 Å². The lowest BCUT2D eigenvalue weighted by atomic mass is 10.3. The van der Waals surface area contributed by atoms with Gasteiger partial charge in [0.05, 0.1) is 5.69 Å². The van der Waals surface area contributed by atoms with Gasteiger partial charge in [-0.25, -0.2) is 8.96 Å². The van der Waals surface area contributed by atoms with Crippen LogP contribution in [0.25, 0.3) is 0 Å². The first-order chi connectivity index (χ1) is 9.99. The molecule has 0 aliphatic heterocycles. The molecule has 0 saturated carbocycles. The molecule has 1 amide bonds. The highest BCUT2D eigenvalue weighted by molar-refractivity contribution is 5.92. The third kappa shape index (κ3) is 3.47. The van der Waals surface area contributed by atoms with Crippen LogP contribution < -0.4 is 14.6 Å². The van der Waals surface area contributed by atoms with Crippen LogP contribution in [-0.4, -0.2) is 17.6 Å². The lowest BCUT2D eigenvalue weighted by Crippen LogP contribution is -2.32. The zero-order valence-electron chi connectivity index (χ0n) is 11.8. The van der Waals surface area contributed by atoms with Crippen molar-refractivity contribution in [3.8, 4) is 11.5 Å². The number of aryl methyl sites for hydroxylation is 1. The third-order valence-electron chi connectivity index (χ3n) is 3.04. The number of rotatable bonds is 4. The molecule has 2 aromatic rings. The van der Waals surface area contributed by atoms with Crippen LogP contribution in [-0.2, 0) is 11.8 Å². The quantitative estimate of drug-likeness (QED) is 0.843. The molecule has 6 heteroatoms. The van der Waals surface area contributed by atoms with Crippen molar-refractivity contribution in [3.63, 3.8) is 0 Å². The number of nitrogens with zero attached hydrogens (tertiary/aromatic N) is 1. The topological polar surface area (TPSA) is 62.4 Å². The smallest absolute Gasteiger partial charge is 0.262 e. The number of nitrogens with one attached hydrogen (secondary N) is 1. The van der Waals surface area contributed by atoms with Crippen molar-refractivity contribution in [2.75, 3.05) is 11.9 Å². The molecule has 1 aromatic heterocycles. The van der Waals surface area contributed by atoms with Gasteiger partial charge in [0.25, 0.3) is 5.91 Å². The van der Waals surface area contributed by atoms with E-state index in [0.717, 1.165) is 0 Å². The average Bonchev–Trinajstić information content (AvgIpc) is 2.45. The van der Waals surface area contributed by atoms with Crippen LogP contribution in [0, 0.1) is 12.7 Å². The summed E-state index contributed by atoms with van der Waals surface area (Å²) in [6, 6.07) is 7.33. The Kier molecular flexibility index (Phi) is 4.37. The molecule has 110 valence electrons. The van der Waals surface area contributed by atoms with Gasteiger partial charge in [0.15, 0.2) is 18.6 Å². The summed E-state index contributed by atoms with van der Waals surface area (Å²) >= 11 is 0. The molecule has 1 heterocycles. The van der Waals surface area contributed by atoms with Crippen LogP contribution in [0.15, 0.2) is 36.5 Å². The lowest BCUT2D eigenvalue weighted by molar-refractivity contribution is -0.678. The summed E-state index contributed by atoms with van der Waals surface area (Å²) in [6.45, 7) is 1.43. The van der Waals surface area contributed by atoms with Gasteiger partial charge in [-0.05, 0) is 12.1 Å². The van der Waals surface area contributed by atoms with Gasteiger partial charge >= 0.3 is 0 Å². The Labute approximate surface area is 121 Å². The van der Waals surface area contributed by atoms with Crippen LogP contribution >= 0.6 is 0 Å². The van der Waals surface area contributed by atoms with E-state index in [9.17, 15) is 14.3 Å². The number of carbonyl (C=O) groups excluding carboxylic acids is 1. The maximum absolute atomic E-state index is 13.4. The van der Waals surface area contributed by atoms with Crippen molar-refractivity contribution in [2.45, 2.75) is 6.92 Å². The minimum Gasteiger partial charge on any atom is -0.504 e. The van der Waals surface area contributed by atoms with E-state index in [0.29, 0.717) is 5.69 Å². The molecule has 1 aromatic carbocycles. The van der Waals surface area contributed by atoms with Gasteiger partial charge in [-0.3, -0.25) is 4.79 Å². The normalized spacial score (nSPS) is 10.2. The van der Waals surface area contributed by atoms with Gasteiger partial charge in [-0.1, -0.05) is 12.1 Å². The first-order valence-corrected chi connectivity index (χ1v) is 6.34. The minimum atomic E-state index is -0.518. The summed E-state index contributed by atoms with van der Waals surface area (Å²) in [5, 5.41) is 12.1. The number of benzene rings is 1. The summed E-state index contributed by atoms with van der Waals surface area (Å²) in [7, 11) is 1.79. The molecule has 0 radical (unpaired) electrons. The molecule has 21 heavy (non-hydrogen) atoms. The predicted octanol–water partition coefficient (Wildman–Crippen LogP) is 1.68. The molecule has 2 rings (SSSR count). The largest absolute Gasteiger partial charge is 0.504 e. The fourth-order valence-corrected chi connectivity index (χ4v) is 1.78. The maximum atomic E-state index is 13.4. The van der Waals surface area contributed by atoms with Crippen molar-refractivity contribution in [2.24, 2.45) is 7.05 Å². The van der Waals surface area contributed by atoms with Gasteiger partial charge in [0, 0.05) is 13.0 Å². The van der Waals surface area contributed by atoms with Crippen LogP contribution in [0.4, 0.5) is 10.1 Å². The molecule has 0 fully saturated rings. The lowest BCUT2D eigenvalue weighted by Gasteiger charge is -2.10. The number of hydrogen-bond acceptors (Lipinski definition) is 3. The van der Waals surface area contributed by atoms with Crippen LogP contribution in [0.1, 0.15) is 5.69 Å². The molecule has 0 aliphatic rings. The second-order valence-electron chi connectivity index (χ2n) is 4.54. The molecule has 0 spiro atoms. The number of aromatic nitrogens is 1. The second-order valence-corrected chi connectivity index (χ2v) is 4.54. The highest BCUT2D eigenvalue weighted by Crippen LogP contribution is 2.26. The monoisotopic (exact) mass is 291 g/mol. The van der Waals surface area contributed by atoms with Gasteiger partial charge in [-0.15, -0.1) is 0 Å². The molecule has 0 unspecified atom stereocenters. The number of amides is 1. The Morgan fingerprint density at radius 3 is 2.81 bits per heavy atom. The van der Waals surface area contributed by atoms with Crippen molar-refractivity contribution in [1.82, 2.24) is 0 Å². The first-order valence-electron chi connectivity index (χ1n) is 6.34. The van der Waals surface area contributed by atoms with E-state index in [4.69, 9.17) is 4.74 Å². The standard InChI is InChI=1S/C15H15FN2O3/c1-10-15(13(19)7-8-18(10)2)21-9-14(20)17-12-6-4-3-5-11(12)16/h3-8H,9H2,1-2H3,(H,17,20)/p+1. The number of aromatic hydroxyl groups is 1. The zero-order valence-corrected chi connectivity index (χ0v) is 11.8. The molecule has 2 N–H and O–H groups in total. The van der Waals surface area contributed by atoms with Crippen molar-refractivity contribution >= 4 is 11.6 Å². The fraction of sp³-hybridized carbons (Fsp3) is 0.200. The highest BCUT2D eigenvalue weighted by atomic mass is 19.1. The van der Waals surface area contributed by atoms with E-state index < -0.39 is 11.7 Å². The van der Waals surface area contributed by atoms with Gasteiger partial charge in [0.2, 0.25) is 11.4 Å². The number of anilines is 1. The average molecular weight is 291 g/mol. The Morgan fingerprint density at radius 1 is 1.38 bits per heavy atom. The Morgan fingerprint density at radius 2 is 2.10 bits per heavy atom. The van der Waals surface area contributed by atoms with Crippen molar-refractivity contribution in [3.05, 3.63) is 48.0 Å². The zero-order chi connectivity index (χ0) is 15.4.